The third-order valence-corrected chi connectivity index (χ3v) is 2.65. The summed E-state index contributed by atoms with van der Waals surface area (Å²) in [5.74, 6) is 0. The molecule has 0 bridgehead atoms. The van der Waals surface area contributed by atoms with E-state index >= 15 is 0 Å². The number of fused-ring (bicyclic) bond motifs is 1. The summed E-state index contributed by atoms with van der Waals surface area (Å²) in [6.07, 6.45) is 0. The number of benzene rings is 1. The van der Waals surface area contributed by atoms with Gasteiger partial charge in [-0.25, -0.2) is 0 Å². The molecule has 2 rings (SSSR count). The smallest absolute Gasteiger partial charge is 0.0483 e. The fourth-order valence-corrected chi connectivity index (χ4v) is 1.64. The predicted molar refractivity (Wildman–Crippen MR) is 51.2 cm³/mol. The van der Waals surface area contributed by atoms with Crippen LogP contribution in [0.4, 0.5) is 0 Å². The Hall–Kier alpha value is -1.24. The lowest BCUT2D eigenvalue weighted by Gasteiger charge is -1.96. The largest absolute Gasteiger partial charge is 0.348 e. The van der Waals surface area contributed by atoms with E-state index in [1.807, 2.05) is 6.07 Å². The highest BCUT2D eigenvalue weighted by Gasteiger charge is 2.05. The Morgan fingerprint density at radius 2 is 2.08 bits per heavy atom. The molecule has 12 heavy (non-hydrogen) atoms. The highest BCUT2D eigenvalue weighted by atomic mass is 14.9. The summed E-state index contributed by atoms with van der Waals surface area (Å²) in [5.41, 5.74) is 4.00. The van der Waals surface area contributed by atoms with E-state index in [0.717, 1.165) is 0 Å². The first-order chi connectivity index (χ1) is 5.72. The number of hydrogen-bond donors (Lipinski definition) is 0. The topological polar surface area (TPSA) is 4.93 Å². The lowest BCUT2D eigenvalue weighted by molar-refractivity contribution is 0.910. The molecule has 0 aliphatic rings. The molecule has 2 aromatic rings. The minimum atomic E-state index is 1.30. The van der Waals surface area contributed by atoms with Gasteiger partial charge in [-0.1, -0.05) is 6.07 Å². The maximum atomic E-state index is 3.10. The Balaban J connectivity index is 2.99. The molecule has 1 radical (unpaired) electrons. The molecular weight excluding hydrogens is 146 g/mol. The molecule has 0 unspecified atom stereocenters. The van der Waals surface area contributed by atoms with Crippen LogP contribution in [0, 0.1) is 19.9 Å². The van der Waals surface area contributed by atoms with Gasteiger partial charge in [0, 0.05) is 23.6 Å². The Kier molecular flexibility index (Phi) is 1.47. The van der Waals surface area contributed by atoms with Crippen molar-refractivity contribution in [1.82, 2.24) is 4.57 Å². The molecule has 61 valence electrons. The summed E-state index contributed by atoms with van der Waals surface area (Å²) < 4.78 is 2.22. The molecule has 0 aliphatic heterocycles. The van der Waals surface area contributed by atoms with Gasteiger partial charge in [-0.2, -0.15) is 0 Å². The first-order valence-electron chi connectivity index (χ1n) is 4.13. The van der Waals surface area contributed by atoms with Gasteiger partial charge in [-0.3, -0.25) is 0 Å². The molecule has 0 amide bonds. The van der Waals surface area contributed by atoms with E-state index in [-0.39, 0.29) is 0 Å². The van der Waals surface area contributed by atoms with Gasteiger partial charge < -0.3 is 4.57 Å². The number of nitrogens with zero attached hydrogens (tertiary/aromatic N) is 1. The fourth-order valence-electron chi connectivity index (χ4n) is 1.64. The average Bonchev–Trinajstić information content (AvgIpc) is 2.33. The molecule has 1 heteroatoms. The standard InChI is InChI=1S/C11H12N/c1-8-9(2)12(3)11-7-5-4-6-10(8)11/h5-7H,1-3H3. The second-order valence-electron chi connectivity index (χ2n) is 3.21. The molecule has 1 aromatic carbocycles. The maximum absolute atomic E-state index is 3.10. The van der Waals surface area contributed by atoms with Crippen molar-refractivity contribution in [1.29, 1.82) is 0 Å². The molecule has 0 N–H and O–H groups in total. The van der Waals surface area contributed by atoms with E-state index in [2.05, 4.69) is 43.7 Å². The van der Waals surface area contributed by atoms with Crippen LogP contribution in [0.25, 0.3) is 10.9 Å². The Morgan fingerprint density at radius 3 is 2.75 bits per heavy atom. The van der Waals surface area contributed by atoms with Crippen LogP contribution < -0.4 is 0 Å². The summed E-state index contributed by atoms with van der Waals surface area (Å²) in [6.45, 7) is 4.31. The Labute approximate surface area is 72.6 Å². The van der Waals surface area contributed by atoms with Crippen molar-refractivity contribution in [2.45, 2.75) is 13.8 Å². The van der Waals surface area contributed by atoms with Crippen LogP contribution in [0.1, 0.15) is 11.3 Å². The molecular formula is C11H12N. The maximum Gasteiger partial charge on any atom is 0.0483 e. The van der Waals surface area contributed by atoms with Gasteiger partial charge in [0.05, 0.1) is 0 Å². The van der Waals surface area contributed by atoms with Gasteiger partial charge in [0.15, 0.2) is 0 Å². The lowest BCUT2D eigenvalue weighted by atomic mass is 10.2. The first kappa shape index (κ1) is 7.41. The molecule has 1 nitrogen and oxygen atoms in total. The molecule has 0 saturated heterocycles. The van der Waals surface area contributed by atoms with E-state index in [1.165, 1.54) is 22.2 Å². The van der Waals surface area contributed by atoms with Crippen LogP contribution in [0.2, 0.25) is 0 Å². The number of aromatic nitrogens is 1. The molecule has 1 aromatic heterocycles. The van der Waals surface area contributed by atoms with Crippen LogP contribution in [0.15, 0.2) is 18.2 Å². The lowest BCUT2D eigenvalue weighted by Crippen LogP contribution is -1.89. The third kappa shape index (κ3) is 0.795. The summed E-state index contributed by atoms with van der Waals surface area (Å²) in [5, 5.41) is 1.32. The van der Waals surface area contributed by atoms with E-state index in [0.29, 0.717) is 0 Å². The highest BCUT2D eigenvalue weighted by Crippen LogP contribution is 2.22. The van der Waals surface area contributed by atoms with Crippen molar-refractivity contribution in [3.05, 3.63) is 35.5 Å². The van der Waals surface area contributed by atoms with Gasteiger partial charge in [-0.05, 0) is 37.6 Å². The second-order valence-corrected chi connectivity index (χ2v) is 3.21. The zero-order valence-electron chi connectivity index (χ0n) is 7.68. The van der Waals surface area contributed by atoms with Crippen LogP contribution in [-0.4, -0.2) is 4.57 Å². The number of rotatable bonds is 0. The average molecular weight is 158 g/mol. The van der Waals surface area contributed by atoms with Crippen LogP contribution >= 0.6 is 0 Å². The van der Waals surface area contributed by atoms with Gasteiger partial charge >= 0.3 is 0 Å². The molecule has 1 heterocycles. The zero-order valence-corrected chi connectivity index (χ0v) is 7.68. The number of hydrogen-bond acceptors (Lipinski definition) is 0. The predicted octanol–water partition coefficient (Wildman–Crippen LogP) is 2.60. The summed E-state index contributed by atoms with van der Waals surface area (Å²) in [4.78, 5) is 0. The zero-order chi connectivity index (χ0) is 8.72. The fraction of sp³-hybridized carbons (Fsp3) is 0.273. The van der Waals surface area contributed by atoms with Crippen molar-refractivity contribution in [2.75, 3.05) is 0 Å². The van der Waals surface area contributed by atoms with Crippen molar-refractivity contribution in [3.8, 4) is 0 Å². The molecule has 0 fully saturated rings. The molecule has 0 atom stereocenters. The molecule has 0 spiro atoms. The van der Waals surface area contributed by atoms with E-state index in [9.17, 15) is 0 Å². The van der Waals surface area contributed by atoms with Crippen molar-refractivity contribution >= 4 is 10.9 Å². The Morgan fingerprint density at radius 1 is 1.33 bits per heavy atom. The first-order valence-corrected chi connectivity index (χ1v) is 4.13. The van der Waals surface area contributed by atoms with Crippen molar-refractivity contribution in [3.63, 3.8) is 0 Å². The quantitative estimate of drug-likeness (QED) is 0.555. The Bertz CT molecular complexity index is 385. The van der Waals surface area contributed by atoms with Crippen LogP contribution in [0.3, 0.4) is 0 Å². The van der Waals surface area contributed by atoms with Gasteiger partial charge in [-0.15, -0.1) is 0 Å². The van der Waals surface area contributed by atoms with Crippen molar-refractivity contribution in [2.24, 2.45) is 7.05 Å². The second kappa shape index (κ2) is 2.37. The molecule has 0 saturated carbocycles. The van der Waals surface area contributed by atoms with Crippen LogP contribution in [-0.2, 0) is 7.05 Å². The SMILES string of the molecule is Cc1c(C)n(C)c2cc[c]cc12. The minimum Gasteiger partial charge on any atom is -0.348 e. The van der Waals surface area contributed by atoms with Gasteiger partial charge in [0.25, 0.3) is 0 Å². The number of aryl methyl sites for hydroxylation is 2. The van der Waals surface area contributed by atoms with E-state index in [1.54, 1.807) is 0 Å². The van der Waals surface area contributed by atoms with E-state index in [4.69, 9.17) is 0 Å². The normalized spacial score (nSPS) is 10.9. The van der Waals surface area contributed by atoms with E-state index < -0.39 is 0 Å². The van der Waals surface area contributed by atoms with Crippen LogP contribution in [0.5, 0.6) is 0 Å². The monoisotopic (exact) mass is 158 g/mol. The van der Waals surface area contributed by atoms with Crippen molar-refractivity contribution < 1.29 is 0 Å². The van der Waals surface area contributed by atoms with Gasteiger partial charge in [0.2, 0.25) is 0 Å². The third-order valence-electron chi connectivity index (χ3n) is 2.65. The highest BCUT2D eigenvalue weighted by molar-refractivity contribution is 5.84. The summed E-state index contributed by atoms with van der Waals surface area (Å²) in [6, 6.07) is 9.22. The summed E-state index contributed by atoms with van der Waals surface area (Å²) in [7, 11) is 2.10. The summed E-state index contributed by atoms with van der Waals surface area (Å²) >= 11 is 0. The van der Waals surface area contributed by atoms with Gasteiger partial charge in [0.1, 0.15) is 0 Å². The minimum absolute atomic E-state index is 1.30. The molecule has 0 aliphatic carbocycles.